The van der Waals surface area contributed by atoms with Crippen LogP contribution in [-0.2, 0) is 11.2 Å². The third-order valence-corrected chi connectivity index (χ3v) is 2.97. The Labute approximate surface area is 110 Å². The van der Waals surface area contributed by atoms with Crippen molar-refractivity contribution in [2.24, 2.45) is 0 Å². The highest BCUT2D eigenvalue weighted by Crippen LogP contribution is 2.18. The minimum atomic E-state index is -0.548. The van der Waals surface area contributed by atoms with Crippen LogP contribution in [0.3, 0.4) is 0 Å². The Bertz CT molecular complexity index is 399. The van der Waals surface area contributed by atoms with Gasteiger partial charge in [0.05, 0.1) is 5.54 Å². The molecule has 1 aromatic rings. The van der Waals surface area contributed by atoms with Gasteiger partial charge in [0, 0.05) is 5.69 Å². The van der Waals surface area contributed by atoms with Gasteiger partial charge < -0.3 is 10.6 Å². The molecule has 0 fully saturated rings. The van der Waals surface area contributed by atoms with Gasteiger partial charge in [0.2, 0.25) is 5.91 Å². The van der Waals surface area contributed by atoms with Crippen molar-refractivity contribution in [2.75, 3.05) is 11.9 Å². The van der Waals surface area contributed by atoms with Gasteiger partial charge in [-0.3, -0.25) is 4.79 Å². The third-order valence-electron chi connectivity index (χ3n) is 2.97. The SMILES string of the molecule is CCCc1ccccc1NC(=O)C(C)(C)NCC. The van der Waals surface area contributed by atoms with Crippen molar-refractivity contribution in [3.05, 3.63) is 29.8 Å². The Kier molecular flexibility index (Phi) is 5.35. The summed E-state index contributed by atoms with van der Waals surface area (Å²) in [5.74, 6) is 0.00732. The van der Waals surface area contributed by atoms with Gasteiger partial charge in [-0.15, -0.1) is 0 Å². The number of nitrogens with one attached hydrogen (secondary N) is 2. The molecular formula is C15H24N2O. The Morgan fingerprint density at radius 1 is 1.22 bits per heavy atom. The monoisotopic (exact) mass is 248 g/mol. The van der Waals surface area contributed by atoms with Crippen LogP contribution in [0, 0.1) is 0 Å². The first kappa shape index (κ1) is 14.7. The average Bonchev–Trinajstić information content (AvgIpc) is 2.32. The quantitative estimate of drug-likeness (QED) is 0.812. The normalized spacial score (nSPS) is 11.3. The lowest BCUT2D eigenvalue weighted by Crippen LogP contribution is -2.49. The zero-order valence-corrected chi connectivity index (χ0v) is 11.8. The molecule has 0 aliphatic carbocycles. The van der Waals surface area contributed by atoms with E-state index in [1.54, 1.807) is 0 Å². The Balaban J connectivity index is 2.81. The average molecular weight is 248 g/mol. The lowest BCUT2D eigenvalue weighted by atomic mass is 10.0. The van der Waals surface area contributed by atoms with E-state index in [2.05, 4.69) is 23.6 Å². The molecule has 100 valence electrons. The van der Waals surface area contributed by atoms with Crippen molar-refractivity contribution >= 4 is 11.6 Å². The highest BCUT2D eigenvalue weighted by atomic mass is 16.2. The summed E-state index contributed by atoms with van der Waals surface area (Å²) in [5.41, 5.74) is 1.57. The molecule has 0 radical (unpaired) electrons. The van der Waals surface area contributed by atoms with Crippen LogP contribution in [-0.4, -0.2) is 18.0 Å². The second kappa shape index (κ2) is 6.55. The summed E-state index contributed by atoms with van der Waals surface area (Å²) in [7, 11) is 0. The molecular weight excluding hydrogens is 224 g/mol. The molecule has 0 aliphatic heterocycles. The first-order valence-electron chi connectivity index (χ1n) is 6.65. The number of para-hydroxylation sites is 1. The number of likely N-dealkylation sites (N-methyl/N-ethyl adjacent to an activating group) is 1. The van der Waals surface area contributed by atoms with E-state index in [1.807, 2.05) is 39.0 Å². The van der Waals surface area contributed by atoms with E-state index in [-0.39, 0.29) is 5.91 Å². The minimum Gasteiger partial charge on any atom is -0.324 e. The predicted octanol–water partition coefficient (Wildman–Crippen LogP) is 2.97. The molecule has 18 heavy (non-hydrogen) atoms. The highest BCUT2D eigenvalue weighted by molar-refractivity contribution is 5.98. The van der Waals surface area contributed by atoms with Gasteiger partial charge in [0.15, 0.2) is 0 Å². The van der Waals surface area contributed by atoms with Gasteiger partial charge in [0.25, 0.3) is 0 Å². The summed E-state index contributed by atoms with van der Waals surface area (Å²) in [4.78, 5) is 12.2. The number of aryl methyl sites for hydroxylation is 1. The maximum Gasteiger partial charge on any atom is 0.244 e. The van der Waals surface area contributed by atoms with E-state index in [1.165, 1.54) is 5.56 Å². The number of rotatable bonds is 6. The molecule has 0 bridgehead atoms. The van der Waals surface area contributed by atoms with Crippen LogP contribution in [0.1, 0.15) is 39.7 Å². The van der Waals surface area contributed by atoms with Crippen molar-refractivity contribution in [1.29, 1.82) is 0 Å². The number of benzene rings is 1. The van der Waals surface area contributed by atoms with E-state index < -0.39 is 5.54 Å². The maximum atomic E-state index is 12.2. The van der Waals surface area contributed by atoms with E-state index >= 15 is 0 Å². The smallest absolute Gasteiger partial charge is 0.244 e. The molecule has 1 rings (SSSR count). The first-order valence-corrected chi connectivity index (χ1v) is 6.65. The van der Waals surface area contributed by atoms with Crippen molar-refractivity contribution in [3.63, 3.8) is 0 Å². The van der Waals surface area contributed by atoms with Crippen molar-refractivity contribution in [3.8, 4) is 0 Å². The van der Waals surface area contributed by atoms with Gasteiger partial charge in [0.1, 0.15) is 0 Å². The van der Waals surface area contributed by atoms with Crippen LogP contribution in [0.4, 0.5) is 5.69 Å². The van der Waals surface area contributed by atoms with Crippen LogP contribution in [0.5, 0.6) is 0 Å². The lowest BCUT2D eigenvalue weighted by molar-refractivity contribution is -0.121. The first-order chi connectivity index (χ1) is 8.51. The molecule has 0 heterocycles. The Morgan fingerprint density at radius 3 is 2.50 bits per heavy atom. The molecule has 0 saturated heterocycles. The largest absolute Gasteiger partial charge is 0.324 e. The predicted molar refractivity (Wildman–Crippen MR) is 76.8 cm³/mol. The topological polar surface area (TPSA) is 41.1 Å². The standard InChI is InChI=1S/C15H24N2O/c1-5-9-12-10-7-8-11-13(12)17-14(18)15(3,4)16-6-2/h7-8,10-11,16H,5-6,9H2,1-4H3,(H,17,18). The molecule has 3 nitrogen and oxygen atoms in total. The zero-order valence-electron chi connectivity index (χ0n) is 11.8. The maximum absolute atomic E-state index is 12.2. The summed E-state index contributed by atoms with van der Waals surface area (Å²) in [6.45, 7) is 8.71. The van der Waals surface area contributed by atoms with E-state index in [9.17, 15) is 4.79 Å². The molecule has 1 amide bonds. The van der Waals surface area contributed by atoms with Crippen LogP contribution in [0.2, 0.25) is 0 Å². The fourth-order valence-electron chi connectivity index (χ4n) is 1.93. The second-order valence-electron chi connectivity index (χ2n) is 5.02. The number of hydrogen-bond acceptors (Lipinski definition) is 2. The molecule has 3 heteroatoms. The number of carbonyl (C=O) groups is 1. The molecule has 0 spiro atoms. The van der Waals surface area contributed by atoms with Crippen LogP contribution >= 0.6 is 0 Å². The molecule has 1 aromatic carbocycles. The minimum absolute atomic E-state index is 0.00732. The van der Waals surface area contributed by atoms with E-state index in [0.29, 0.717) is 0 Å². The summed E-state index contributed by atoms with van der Waals surface area (Å²) >= 11 is 0. The van der Waals surface area contributed by atoms with Gasteiger partial charge in [-0.25, -0.2) is 0 Å². The molecule has 0 atom stereocenters. The molecule has 0 unspecified atom stereocenters. The fourth-order valence-corrected chi connectivity index (χ4v) is 1.93. The summed E-state index contributed by atoms with van der Waals surface area (Å²) in [5, 5.41) is 6.20. The molecule has 0 aliphatic rings. The van der Waals surface area contributed by atoms with Crippen LogP contribution < -0.4 is 10.6 Å². The Morgan fingerprint density at radius 2 is 1.89 bits per heavy atom. The van der Waals surface area contributed by atoms with Crippen molar-refractivity contribution < 1.29 is 4.79 Å². The number of hydrogen-bond donors (Lipinski definition) is 2. The molecule has 0 aromatic heterocycles. The number of anilines is 1. The van der Waals surface area contributed by atoms with Crippen molar-refractivity contribution in [2.45, 2.75) is 46.1 Å². The summed E-state index contributed by atoms with van der Waals surface area (Å²) in [6, 6.07) is 8.00. The van der Waals surface area contributed by atoms with Gasteiger partial charge in [-0.1, -0.05) is 38.5 Å². The lowest BCUT2D eigenvalue weighted by Gasteiger charge is -2.25. The summed E-state index contributed by atoms with van der Waals surface area (Å²) < 4.78 is 0. The van der Waals surface area contributed by atoms with Crippen LogP contribution in [0.25, 0.3) is 0 Å². The number of carbonyl (C=O) groups excluding carboxylic acids is 1. The third kappa shape index (κ3) is 3.84. The highest BCUT2D eigenvalue weighted by Gasteiger charge is 2.26. The fraction of sp³-hybridized carbons (Fsp3) is 0.533. The van der Waals surface area contributed by atoms with E-state index in [0.717, 1.165) is 25.1 Å². The number of amides is 1. The van der Waals surface area contributed by atoms with Crippen molar-refractivity contribution in [1.82, 2.24) is 5.32 Å². The van der Waals surface area contributed by atoms with Gasteiger partial charge in [-0.2, -0.15) is 0 Å². The van der Waals surface area contributed by atoms with Crippen LogP contribution in [0.15, 0.2) is 24.3 Å². The van der Waals surface area contributed by atoms with E-state index in [4.69, 9.17) is 0 Å². The van der Waals surface area contributed by atoms with Gasteiger partial charge in [-0.05, 0) is 38.4 Å². The molecule has 2 N–H and O–H groups in total. The zero-order chi connectivity index (χ0) is 13.6. The molecule has 0 saturated carbocycles. The second-order valence-corrected chi connectivity index (χ2v) is 5.02. The van der Waals surface area contributed by atoms with Gasteiger partial charge >= 0.3 is 0 Å². The Hall–Kier alpha value is -1.35. The summed E-state index contributed by atoms with van der Waals surface area (Å²) in [6.07, 6.45) is 2.06.